The van der Waals surface area contributed by atoms with Crippen molar-refractivity contribution in [2.24, 2.45) is 11.8 Å². The molecule has 3 heteroatoms. The van der Waals surface area contributed by atoms with Crippen molar-refractivity contribution in [3.63, 3.8) is 0 Å². The first-order valence-corrected chi connectivity index (χ1v) is 4.81. The maximum Gasteiger partial charge on any atom is 0.161 e. The average Bonchev–Trinajstić information content (AvgIpc) is 2.56. The predicted octanol–water partition coefficient (Wildman–Crippen LogP) is 0.932. The van der Waals surface area contributed by atoms with E-state index in [9.17, 15) is 0 Å². The molecule has 0 amide bonds. The molecule has 2 rings (SSSR count). The first-order valence-electron chi connectivity index (χ1n) is 4.81. The molecule has 0 aromatic rings. The average molecular weight is 184 g/mol. The molecule has 0 saturated carbocycles. The number of fused-ring (bicyclic) bond motifs is 1. The quantitative estimate of drug-likeness (QED) is 0.649. The van der Waals surface area contributed by atoms with Gasteiger partial charge in [0.25, 0.3) is 0 Å². The van der Waals surface area contributed by atoms with Gasteiger partial charge in [0.2, 0.25) is 0 Å². The van der Waals surface area contributed by atoms with Gasteiger partial charge < -0.3 is 14.6 Å². The minimum Gasteiger partial charge on any atom is -0.394 e. The Morgan fingerprint density at radius 3 is 2.69 bits per heavy atom. The lowest BCUT2D eigenvalue weighted by Gasteiger charge is -2.23. The second-order valence-corrected chi connectivity index (χ2v) is 3.73. The zero-order valence-corrected chi connectivity index (χ0v) is 7.85. The Balaban J connectivity index is 2.10. The number of rotatable bonds is 2. The number of ether oxygens (including phenoxy) is 2. The lowest BCUT2D eigenvalue weighted by Crippen LogP contribution is -2.25. The van der Waals surface area contributed by atoms with Crippen LogP contribution in [0.15, 0.2) is 12.2 Å². The van der Waals surface area contributed by atoms with E-state index < -0.39 is 0 Å². The van der Waals surface area contributed by atoms with Gasteiger partial charge in [0.05, 0.1) is 12.7 Å². The van der Waals surface area contributed by atoms with E-state index in [1.807, 2.05) is 0 Å². The van der Waals surface area contributed by atoms with Crippen molar-refractivity contribution in [2.45, 2.75) is 25.2 Å². The van der Waals surface area contributed by atoms with Crippen LogP contribution in [0.5, 0.6) is 0 Å². The van der Waals surface area contributed by atoms with Crippen LogP contribution in [0.2, 0.25) is 0 Å². The van der Waals surface area contributed by atoms with Gasteiger partial charge in [-0.05, 0) is 18.8 Å². The highest BCUT2D eigenvalue weighted by molar-refractivity contribution is 5.00. The fraction of sp³-hybridized carbons (Fsp3) is 0.800. The molecule has 4 atom stereocenters. The minimum atomic E-state index is -0.118. The van der Waals surface area contributed by atoms with Gasteiger partial charge in [0, 0.05) is 13.0 Å². The second kappa shape index (κ2) is 3.78. The minimum absolute atomic E-state index is 0.0279. The molecule has 1 saturated heterocycles. The summed E-state index contributed by atoms with van der Waals surface area (Å²) < 4.78 is 10.8. The van der Waals surface area contributed by atoms with Crippen LogP contribution in [0.3, 0.4) is 0 Å². The van der Waals surface area contributed by atoms with Crippen LogP contribution >= 0.6 is 0 Å². The fourth-order valence-electron chi connectivity index (χ4n) is 2.38. The molecule has 0 bridgehead atoms. The Kier molecular flexibility index (Phi) is 2.67. The zero-order valence-electron chi connectivity index (χ0n) is 7.85. The van der Waals surface area contributed by atoms with Crippen molar-refractivity contribution >= 4 is 0 Å². The van der Waals surface area contributed by atoms with E-state index >= 15 is 0 Å². The van der Waals surface area contributed by atoms with Crippen molar-refractivity contribution in [1.29, 1.82) is 0 Å². The van der Waals surface area contributed by atoms with Gasteiger partial charge in [0.15, 0.2) is 6.29 Å². The van der Waals surface area contributed by atoms with Crippen LogP contribution in [0, 0.1) is 11.8 Å². The van der Waals surface area contributed by atoms with Crippen LogP contribution in [0.1, 0.15) is 12.8 Å². The molecule has 0 aromatic heterocycles. The SMILES string of the molecule is COC1OC(CO)C2CC=CCC12. The second-order valence-electron chi connectivity index (χ2n) is 3.73. The van der Waals surface area contributed by atoms with Crippen molar-refractivity contribution in [3.05, 3.63) is 12.2 Å². The van der Waals surface area contributed by atoms with Crippen molar-refractivity contribution in [3.8, 4) is 0 Å². The van der Waals surface area contributed by atoms with Crippen LogP contribution in [-0.2, 0) is 9.47 Å². The Morgan fingerprint density at radius 1 is 1.38 bits per heavy atom. The van der Waals surface area contributed by atoms with Crippen LogP contribution in [0.25, 0.3) is 0 Å². The summed E-state index contributed by atoms with van der Waals surface area (Å²) in [5, 5.41) is 9.11. The monoisotopic (exact) mass is 184 g/mol. The zero-order chi connectivity index (χ0) is 9.26. The Bertz CT molecular complexity index is 182. The Morgan fingerprint density at radius 2 is 2.08 bits per heavy atom. The first-order chi connectivity index (χ1) is 6.36. The molecule has 0 aromatic carbocycles. The maximum absolute atomic E-state index is 9.11. The van der Waals surface area contributed by atoms with E-state index in [4.69, 9.17) is 14.6 Å². The van der Waals surface area contributed by atoms with Gasteiger partial charge >= 0.3 is 0 Å². The molecular weight excluding hydrogens is 168 g/mol. The number of methoxy groups -OCH3 is 1. The van der Waals surface area contributed by atoms with Crippen LogP contribution < -0.4 is 0 Å². The maximum atomic E-state index is 9.11. The number of hydrogen-bond acceptors (Lipinski definition) is 3. The normalized spacial score (nSPS) is 43.5. The van der Waals surface area contributed by atoms with Gasteiger partial charge in [-0.3, -0.25) is 0 Å². The molecule has 13 heavy (non-hydrogen) atoms. The van der Waals surface area contributed by atoms with Gasteiger partial charge in [-0.25, -0.2) is 0 Å². The molecule has 0 radical (unpaired) electrons. The predicted molar refractivity (Wildman–Crippen MR) is 48.1 cm³/mol. The highest BCUT2D eigenvalue weighted by Crippen LogP contribution is 2.40. The lowest BCUT2D eigenvalue weighted by atomic mass is 9.81. The van der Waals surface area contributed by atoms with Crippen LogP contribution in [0.4, 0.5) is 0 Å². The lowest BCUT2D eigenvalue weighted by molar-refractivity contribution is -0.137. The molecule has 74 valence electrons. The summed E-state index contributed by atoms with van der Waals surface area (Å²) in [5.74, 6) is 0.882. The number of allylic oxidation sites excluding steroid dienone is 2. The molecule has 3 nitrogen and oxygen atoms in total. The van der Waals surface area contributed by atoms with Gasteiger partial charge in [-0.1, -0.05) is 12.2 Å². The first kappa shape index (κ1) is 9.19. The summed E-state index contributed by atoms with van der Waals surface area (Å²) in [6.45, 7) is 0.106. The van der Waals surface area contributed by atoms with Crippen molar-refractivity contribution < 1.29 is 14.6 Å². The standard InChI is InChI=1S/C10H16O3/c1-12-10-8-5-3-2-4-7(8)9(6-11)13-10/h2-3,7-11H,4-6H2,1H3. The third-order valence-electron chi connectivity index (χ3n) is 3.08. The van der Waals surface area contributed by atoms with E-state index in [2.05, 4.69) is 12.2 Å². The topological polar surface area (TPSA) is 38.7 Å². The van der Waals surface area contributed by atoms with Gasteiger partial charge in [0.1, 0.15) is 0 Å². The molecule has 1 N–H and O–H groups in total. The molecule has 1 aliphatic heterocycles. The summed E-state index contributed by atoms with van der Waals surface area (Å²) in [6.07, 6.45) is 6.23. The third-order valence-corrected chi connectivity index (χ3v) is 3.08. The molecule has 0 spiro atoms. The third kappa shape index (κ3) is 1.52. The Hall–Kier alpha value is -0.380. The van der Waals surface area contributed by atoms with Crippen molar-refractivity contribution in [2.75, 3.05) is 13.7 Å². The van der Waals surface area contributed by atoms with Gasteiger partial charge in [-0.15, -0.1) is 0 Å². The van der Waals surface area contributed by atoms with E-state index in [1.54, 1.807) is 7.11 Å². The fourth-order valence-corrected chi connectivity index (χ4v) is 2.38. The van der Waals surface area contributed by atoms with E-state index in [0.29, 0.717) is 11.8 Å². The molecule has 1 fully saturated rings. The highest BCUT2D eigenvalue weighted by atomic mass is 16.7. The highest BCUT2D eigenvalue weighted by Gasteiger charge is 2.43. The smallest absolute Gasteiger partial charge is 0.161 e. The molecule has 4 unspecified atom stereocenters. The number of aliphatic hydroxyl groups is 1. The van der Waals surface area contributed by atoms with Gasteiger partial charge in [-0.2, -0.15) is 0 Å². The largest absolute Gasteiger partial charge is 0.394 e. The summed E-state index contributed by atoms with van der Waals surface area (Å²) in [5.41, 5.74) is 0. The molecule has 1 heterocycles. The summed E-state index contributed by atoms with van der Waals surface area (Å²) in [7, 11) is 1.67. The van der Waals surface area contributed by atoms with E-state index in [-0.39, 0.29) is 19.0 Å². The molecular formula is C10H16O3. The molecule has 1 aliphatic carbocycles. The summed E-state index contributed by atoms with van der Waals surface area (Å²) in [6, 6.07) is 0. The Labute approximate surface area is 78.3 Å². The number of aliphatic hydroxyl groups excluding tert-OH is 1. The molecule has 2 aliphatic rings. The van der Waals surface area contributed by atoms with Crippen molar-refractivity contribution in [1.82, 2.24) is 0 Å². The van der Waals surface area contributed by atoms with E-state index in [0.717, 1.165) is 12.8 Å². The summed E-state index contributed by atoms with van der Waals surface area (Å²) in [4.78, 5) is 0. The number of hydrogen-bond donors (Lipinski definition) is 1. The summed E-state index contributed by atoms with van der Waals surface area (Å²) >= 11 is 0. The van der Waals surface area contributed by atoms with E-state index in [1.165, 1.54) is 0 Å². The van der Waals surface area contributed by atoms with Crippen LogP contribution in [-0.4, -0.2) is 31.2 Å².